The second kappa shape index (κ2) is 4.56. The van der Waals surface area contributed by atoms with E-state index in [0.29, 0.717) is 0 Å². The van der Waals surface area contributed by atoms with Crippen LogP contribution in [0.2, 0.25) is 0 Å². The third kappa shape index (κ3) is 2.54. The summed E-state index contributed by atoms with van der Waals surface area (Å²) in [5.41, 5.74) is 2.50. The van der Waals surface area contributed by atoms with E-state index in [1.807, 2.05) is 0 Å². The Balaban J connectivity index is 2.01. The zero-order valence-corrected chi connectivity index (χ0v) is 10.9. The molecule has 15 heavy (non-hydrogen) atoms. The van der Waals surface area contributed by atoms with Gasteiger partial charge in [0.2, 0.25) is 0 Å². The highest BCUT2D eigenvalue weighted by molar-refractivity contribution is 9.10. The fourth-order valence-corrected chi connectivity index (χ4v) is 2.09. The molecule has 0 aromatic heterocycles. The zero-order valence-electron chi connectivity index (χ0n) is 9.35. The highest BCUT2D eigenvalue weighted by Crippen LogP contribution is 2.29. The van der Waals surface area contributed by atoms with Crippen LogP contribution in [0, 0.1) is 19.8 Å². The van der Waals surface area contributed by atoms with E-state index in [2.05, 4.69) is 41.9 Å². The van der Waals surface area contributed by atoms with Crippen molar-refractivity contribution in [1.82, 2.24) is 0 Å². The topological polar surface area (TPSA) is 9.23 Å². The average Bonchev–Trinajstić information content (AvgIpc) is 2.11. The van der Waals surface area contributed by atoms with E-state index in [4.69, 9.17) is 4.74 Å². The van der Waals surface area contributed by atoms with Crippen molar-refractivity contribution in [2.45, 2.75) is 33.1 Å². The van der Waals surface area contributed by atoms with Gasteiger partial charge in [0.25, 0.3) is 0 Å². The van der Waals surface area contributed by atoms with Crippen LogP contribution in [-0.2, 0) is 0 Å². The van der Waals surface area contributed by atoms with Crippen LogP contribution in [0.1, 0.15) is 30.4 Å². The third-order valence-electron chi connectivity index (χ3n) is 3.12. The van der Waals surface area contributed by atoms with Crippen LogP contribution in [0.5, 0.6) is 5.75 Å². The Morgan fingerprint density at radius 2 is 1.87 bits per heavy atom. The zero-order chi connectivity index (χ0) is 10.8. The van der Waals surface area contributed by atoms with Crippen molar-refractivity contribution in [3.63, 3.8) is 0 Å². The van der Waals surface area contributed by atoms with E-state index in [-0.39, 0.29) is 0 Å². The van der Waals surface area contributed by atoms with Crippen molar-refractivity contribution >= 4 is 15.9 Å². The molecular weight excluding hydrogens is 252 g/mol. The van der Waals surface area contributed by atoms with Crippen molar-refractivity contribution in [1.29, 1.82) is 0 Å². The molecule has 1 aromatic rings. The molecule has 0 saturated heterocycles. The molecule has 0 N–H and O–H groups in total. The molecule has 82 valence electrons. The van der Waals surface area contributed by atoms with Crippen molar-refractivity contribution in [3.05, 3.63) is 27.7 Å². The molecule has 1 saturated carbocycles. The second-order valence-corrected chi connectivity index (χ2v) is 5.27. The summed E-state index contributed by atoms with van der Waals surface area (Å²) in [7, 11) is 0. The number of aryl methyl sites for hydroxylation is 2. The highest BCUT2D eigenvalue weighted by Gasteiger charge is 2.18. The summed E-state index contributed by atoms with van der Waals surface area (Å²) in [6.07, 6.45) is 4.06. The first-order valence-electron chi connectivity index (χ1n) is 5.56. The average molecular weight is 269 g/mol. The SMILES string of the molecule is Cc1cc(OCC2CCC2)cc(C)c1Br. The summed E-state index contributed by atoms with van der Waals surface area (Å²) in [4.78, 5) is 0. The first-order chi connectivity index (χ1) is 7.16. The first-order valence-corrected chi connectivity index (χ1v) is 6.35. The molecule has 2 heteroatoms. The van der Waals surface area contributed by atoms with Crippen molar-refractivity contribution < 1.29 is 4.74 Å². The first kappa shape index (κ1) is 11.0. The molecule has 0 aliphatic heterocycles. The largest absolute Gasteiger partial charge is 0.493 e. The van der Waals surface area contributed by atoms with E-state index in [0.717, 1.165) is 18.3 Å². The maximum Gasteiger partial charge on any atom is 0.119 e. The maximum absolute atomic E-state index is 5.81. The summed E-state index contributed by atoms with van der Waals surface area (Å²) in [5.74, 6) is 1.81. The van der Waals surface area contributed by atoms with E-state index >= 15 is 0 Å². The monoisotopic (exact) mass is 268 g/mol. The van der Waals surface area contributed by atoms with Gasteiger partial charge >= 0.3 is 0 Å². The van der Waals surface area contributed by atoms with E-state index in [9.17, 15) is 0 Å². The lowest BCUT2D eigenvalue weighted by molar-refractivity contribution is 0.180. The summed E-state index contributed by atoms with van der Waals surface area (Å²) in [5, 5.41) is 0. The second-order valence-electron chi connectivity index (χ2n) is 4.48. The lowest BCUT2D eigenvalue weighted by atomic mass is 9.86. The standard InChI is InChI=1S/C13H17BrO/c1-9-6-12(7-10(2)13(9)14)15-8-11-4-3-5-11/h6-7,11H,3-5,8H2,1-2H3. The molecular formula is C13H17BrO. The van der Waals surface area contributed by atoms with Gasteiger partial charge in [0.1, 0.15) is 5.75 Å². The number of benzene rings is 1. The summed E-state index contributed by atoms with van der Waals surface area (Å²) < 4.78 is 7.00. The number of rotatable bonds is 3. The lowest BCUT2D eigenvalue weighted by Crippen LogP contribution is -2.19. The van der Waals surface area contributed by atoms with Crippen LogP contribution in [0.15, 0.2) is 16.6 Å². The summed E-state index contributed by atoms with van der Waals surface area (Å²) in [6, 6.07) is 4.21. The Hall–Kier alpha value is -0.500. The fourth-order valence-electron chi connectivity index (χ4n) is 1.86. The van der Waals surface area contributed by atoms with Crippen molar-refractivity contribution in [2.24, 2.45) is 5.92 Å². The number of hydrogen-bond donors (Lipinski definition) is 0. The van der Waals surface area contributed by atoms with Gasteiger partial charge in [0.15, 0.2) is 0 Å². The van der Waals surface area contributed by atoms with Gasteiger partial charge < -0.3 is 4.74 Å². The fraction of sp³-hybridized carbons (Fsp3) is 0.538. The quantitative estimate of drug-likeness (QED) is 0.797. The molecule has 1 aliphatic carbocycles. The minimum absolute atomic E-state index is 0.800. The molecule has 0 radical (unpaired) electrons. The van der Waals surface area contributed by atoms with Gasteiger partial charge in [-0.05, 0) is 55.9 Å². The molecule has 0 atom stereocenters. The predicted octanol–water partition coefficient (Wildman–Crippen LogP) is 4.24. The van der Waals surface area contributed by atoms with Gasteiger partial charge in [-0.2, -0.15) is 0 Å². The van der Waals surface area contributed by atoms with Crippen molar-refractivity contribution in [3.8, 4) is 5.75 Å². The smallest absolute Gasteiger partial charge is 0.119 e. The Kier molecular flexibility index (Phi) is 3.35. The van der Waals surface area contributed by atoms with E-state index in [1.165, 1.54) is 34.9 Å². The van der Waals surface area contributed by atoms with Crippen LogP contribution in [-0.4, -0.2) is 6.61 Å². The molecule has 1 fully saturated rings. The molecule has 1 aromatic carbocycles. The van der Waals surface area contributed by atoms with Crippen LogP contribution < -0.4 is 4.74 Å². The van der Waals surface area contributed by atoms with E-state index in [1.54, 1.807) is 0 Å². The number of halogens is 1. The van der Waals surface area contributed by atoms with Gasteiger partial charge in [-0.25, -0.2) is 0 Å². The molecule has 1 nitrogen and oxygen atoms in total. The minimum Gasteiger partial charge on any atom is -0.493 e. The molecule has 2 rings (SSSR count). The lowest BCUT2D eigenvalue weighted by Gasteiger charge is -2.25. The van der Waals surface area contributed by atoms with E-state index < -0.39 is 0 Å². The van der Waals surface area contributed by atoms with Crippen LogP contribution in [0.3, 0.4) is 0 Å². The van der Waals surface area contributed by atoms with Gasteiger partial charge in [-0.3, -0.25) is 0 Å². The number of hydrogen-bond acceptors (Lipinski definition) is 1. The van der Waals surface area contributed by atoms with Gasteiger partial charge in [0, 0.05) is 4.47 Å². The maximum atomic E-state index is 5.81. The molecule has 0 unspecified atom stereocenters. The summed E-state index contributed by atoms with van der Waals surface area (Å²) in [6.45, 7) is 5.10. The van der Waals surface area contributed by atoms with Crippen LogP contribution in [0.25, 0.3) is 0 Å². The molecule has 0 heterocycles. The molecule has 0 amide bonds. The molecule has 0 spiro atoms. The Labute approximate surface area is 100.0 Å². The van der Waals surface area contributed by atoms with Crippen LogP contribution in [0.4, 0.5) is 0 Å². The highest BCUT2D eigenvalue weighted by atomic mass is 79.9. The van der Waals surface area contributed by atoms with Gasteiger partial charge in [-0.1, -0.05) is 22.4 Å². The predicted molar refractivity (Wildman–Crippen MR) is 66.5 cm³/mol. The minimum atomic E-state index is 0.800. The normalized spacial score (nSPS) is 16.2. The summed E-state index contributed by atoms with van der Waals surface area (Å²) >= 11 is 3.56. The third-order valence-corrected chi connectivity index (χ3v) is 4.37. The Morgan fingerprint density at radius 3 is 2.33 bits per heavy atom. The van der Waals surface area contributed by atoms with Crippen molar-refractivity contribution in [2.75, 3.05) is 6.61 Å². The van der Waals surface area contributed by atoms with Crippen LogP contribution >= 0.6 is 15.9 Å². The molecule has 0 bridgehead atoms. The van der Waals surface area contributed by atoms with Gasteiger partial charge in [-0.15, -0.1) is 0 Å². The Morgan fingerprint density at radius 1 is 1.27 bits per heavy atom. The Bertz CT molecular complexity index is 333. The van der Waals surface area contributed by atoms with Gasteiger partial charge in [0.05, 0.1) is 6.61 Å². The number of ether oxygens (including phenoxy) is 1. The molecule has 1 aliphatic rings.